The summed E-state index contributed by atoms with van der Waals surface area (Å²) in [5.41, 5.74) is 2.27. The molecule has 0 saturated heterocycles. The number of halogens is 4. The van der Waals surface area contributed by atoms with Gasteiger partial charge in [-0.15, -0.1) is 0 Å². The average Bonchev–Trinajstić information content (AvgIpc) is 2.33. The maximum atomic E-state index is 11.9. The van der Waals surface area contributed by atoms with E-state index in [9.17, 15) is 4.79 Å². The third-order valence-electron chi connectivity index (χ3n) is 2.16. The van der Waals surface area contributed by atoms with Crippen molar-refractivity contribution in [3.05, 3.63) is 47.5 Å². The number of hydrogen-bond donors (Lipinski definition) is 0. The first kappa shape index (κ1) is 15.6. The number of amides is 1. The Labute approximate surface area is 126 Å². The van der Waals surface area contributed by atoms with Crippen LogP contribution < -0.4 is 0 Å². The van der Waals surface area contributed by atoms with E-state index in [0.29, 0.717) is 6.54 Å². The van der Waals surface area contributed by atoms with Gasteiger partial charge in [0.2, 0.25) is 0 Å². The van der Waals surface area contributed by atoms with E-state index in [0.717, 1.165) is 5.56 Å². The van der Waals surface area contributed by atoms with E-state index >= 15 is 0 Å². The molecule has 0 bridgehead atoms. The van der Waals surface area contributed by atoms with Crippen molar-refractivity contribution in [3.8, 4) is 0 Å². The standard InChI is InChI=1S/C12H11Cl4NO/c13-7-4-8-17(11(18)12(14,15)16)9-10-5-2-1-3-6-10/h1-7H,8-9H2. The highest BCUT2D eigenvalue weighted by molar-refractivity contribution is 6.76. The molecule has 0 spiro atoms. The monoisotopic (exact) mass is 325 g/mol. The lowest BCUT2D eigenvalue weighted by Gasteiger charge is -2.24. The molecule has 0 N–H and O–H groups in total. The second kappa shape index (κ2) is 7.25. The van der Waals surface area contributed by atoms with Gasteiger partial charge in [0.1, 0.15) is 0 Å². The summed E-state index contributed by atoms with van der Waals surface area (Å²) in [4.78, 5) is 13.3. The van der Waals surface area contributed by atoms with Crippen LogP contribution in [0.5, 0.6) is 0 Å². The Morgan fingerprint density at radius 1 is 1.22 bits per heavy atom. The summed E-state index contributed by atoms with van der Waals surface area (Å²) in [7, 11) is 0. The van der Waals surface area contributed by atoms with Crippen molar-refractivity contribution in [1.29, 1.82) is 0 Å². The van der Waals surface area contributed by atoms with Gasteiger partial charge in [-0.25, -0.2) is 0 Å². The Hall–Kier alpha value is -0.410. The molecule has 0 fully saturated rings. The van der Waals surface area contributed by atoms with E-state index in [1.165, 1.54) is 10.4 Å². The Morgan fingerprint density at radius 2 is 1.83 bits per heavy atom. The molecule has 1 rings (SSSR count). The summed E-state index contributed by atoms with van der Waals surface area (Å²) >= 11 is 22.3. The van der Waals surface area contributed by atoms with Crippen LogP contribution in [0.2, 0.25) is 0 Å². The number of alkyl halides is 3. The van der Waals surface area contributed by atoms with Crippen LogP contribution in [0.25, 0.3) is 0 Å². The molecule has 0 heterocycles. The number of benzene rings is 1. The molecule has 2 nitrogen and oxygen atoms in total. The highest BCUT2D eigenvalue weighted by Gasteiger charge is 2.34. The fourth-order valence-corrected chi connectivity index (χ4v) is 1.81. The summed E-state index contributed by atoms with van der Waals surface area (Å²) in [6.07, 6.45) is 1.61. The van der Waals surface area contributed by atoms with Crippen molar-refractivity contribution in [2.24, 2.45) is 0 Å². The quantitative estimate of drug-likeness (QED) is 0.761. The van der Waals surface area contributed by atoms with Gasteiger partial charge in [0.25, 0.3) is 9.70 Å². The maximum Gasteiger partial charge on any atom is 0.275 e. The van der Waals surface area contributed by atoms with Gasteiger partial charge >= 0.3 is 0 Å². The minimum atomic E-state index is -1.96. The molecule has 0 aliphatic carbocycles. The molecular weight excluding hydrogens is 316 g/mol. The van der Waals surface area contributed by atoms with Crippen LogP contribution in [-0.2, 0) is 11.3 Å². The zero-order valence-corrected chi connectivity index (χ0v) is 12.3. The summed E-state index contributed by atoms with van der Waals surface area (Å²) in [6.45, 7) is 0.639. The van der Waals surface area contributed by atoms with Crippen LogP contribution in [0.1, 0.15) is 5.56 Å². The molecule has 18 heavy (non-hydrogen) atoms. The summed E-state index contributed by atoms with van der Waals surface area (Å²) in [6, 6.07) is 9.44. The molecule has 1 aromatic carbocycles. The normalized spacial score (nSPS) is 11.8. The van der Waals surface area contributed by atoms with E-state index < -0.39 is 9.70 Å². The van der Waals surface area contributed by atoms with Crippen LogP contribution >= 0.6 is 46.4 Å². The first-order valence-corrected chi connectivity index (χ1v) is 6.67. The van der Waals surface area contributed by atoms with Gasteiger partial charge in [-0.2, -0.15) is 0 Å². The molecule has 1 aromatic rings. The lowest BCUT2D eigenvalue weighted by atomic mass is 10.2. The van der Waals surface area contributed by atoms with Crippen molar-refractivity contribution in [1.82, 2.24) is 4.90 Å². The van der Waals surface area contributed by atoms with Gasteiger partial charge in [0.05, 0.1) is 0 Å². The van der Waals surface area contributed by atoms with E-state index in [1.54, 1.807) is 6.08 Å². The lowest BCUT2D eigenvalue weighted by Crippen LogP contribution is -2.39. The Morgan fingerprint density at radius 3 is 2.33 bits per heavy atom. The van der Waals surface area contributed by atoms with Gasteiger partial charge in [0, 0.05) is 18.6 Å². The third kappa shape index (κ3) is 5.07. The molecule has 0 atom stereocenters. The Bertz CT molecular complexity index is 414. The molecule has 0 saturated carbocycles. The number of carbonyl (C=O) groups is 1. The van der Waals surface area contributed by atoms with E-state index in [4.69, 9.17) is 46.4 Å². The van der Waals surface area contributed by atoms with Crippen LogP contribution in [0.4, 0.5) is 0 Å². The molecule has 0 unspecified atom stereocenters. The van der Waals surface area contributed by atoms with Crippen molar-refractivity contribution in [3.63, 3.8) is 0 Å². The molecule has 0 aliphatic heterocycles. The third-order valence-corrected chi connectivity index (χ3v) is 2.82. The SMILES string of the molecule is O=C(N(CC=CCl)Cc1ccccc1)C(Cl)(Cl)Cl. The van der Waals surface area contributed by atoms with E-state index in [1.807, 2.05) is 30.3 Å². The molecule has 1 amide bonds. The predicted molar refractivity (Wildman–Crippen MR) is 77.1 cm³/mol. The van der Waals surface area contributed by atoms with Gasteiger partial charge in [-0.3, -0.25) is 4.79 Å². The molecule has 0 aromatic heterocycles. The second-order valence-electron chi connectivity index (χ2n) is 3.53. The molecule has 98 valence electrons. The molecule has 0 aliphatic rings. The highest BCUT2D eigenvalue weighted by Crippen LogP contribution is 2.29. The lowest BCUT2D eigenvalue weighted by molar-refractivity contribution is -0.130. The summed E-state index contributed by atoms with van der Waals surface area (Å²) in [5.74, 6) is -0.578. The van der Waals surface area contributed by atoms with Gasteiger partial charge < -0.3 is 4.90 Å². The van der Waals surface area contributed by atoms with Gasteiger partial charge in [-0.1, -0.05) is 82.8 Å². The first-order chi connectivity index (χ1) is 8.45. The van der Waals surface area contributed by atoms with Crippen molar-refractivity contribution >= 4 is 52.3 Å². The van der Waals surface area contributed by atoms with Crippen LogP contribution in [0.15, 0.2) is 41.9 Å². The Kier molecular flexibility index (Phi) is 6.30. The van der Waals surface area contributed by atoms with E-state index in [-0.39, 0.29) is 6.54 Å². The zero-order chi connectivity index (χ0) is 13.6. The van der Waals surface area contributed by atoms with Crippen LogP contribution in [-0.4, -0.2) is 21.1 Å². The maximum absolute atomic E-state index is 11.9. The number of hydrogen-bond acceptors (Lipinski definition) is 1. The highest BCUT2D eigenvalue weighted by atomic mass is 35.6. The molecule has 0 radical (unpaired) electrons. The van der Waals surface area contributed by atoms with Crippen molar-refractivity contribution < 1.29 is 4.79 Å². The van der Waals surface area contributed by atoms with E-state index in [2.05, 4.69) is 0 Å². The minimum Gasteiger partial charge on any atom is -0.331 e. The molecule has 6 heteroatoms. The summed E-state index contributed by atoms with van der Waals surface area (Å²) in [5, 5.41) is 0. The fourth-order valence-electron chi connectivity index (χ4n) is 1.37. The minimum absolute atomic E-state index is 0.283. The predicted octanol–water partition coefficient (Wildman–Crippen LogP) is 4.14. The number of rotatable bonds is 4. The topological polar surface area (TPSA) is 20.3 Å². The van der Waals surface area contributed by atoms with Gasteiger partial charge in [0.15, 0.2) is 0 Å². The summed E-state index contributed by atoms with van der Waals surface area (Å²) < 4.78 is -1.96. The van der Waals surface area contributed by atoms with Crippen LogP contribution in [0.3, 0.4) is 0 Å². The van der Waals surface area contributed by atoms with Crippen molar-refractivity contribution in [2.75, 3.05) is 6.54 Å². The van der Waals surface area contributed by atoms with Gasteiger partial charge in [-0.05, 0) is 5.56 Å². The average molecular weight is 327 g/mol. The fraction of sp³-hybridized carbons (Fsp3) is 0.250. The number of carbonyl (C=O) groups excluding carboxylic acids is 1. The van der Waals surface area contributed by atoms with Crippen molar-refractivity contribution in [2.45, 2.75) is 10.3 Å². The van der Waals surface area contributed by atoms with Crippen LogP contribution in [0, 0.1) is 0 Å². The first-order valence-electron chi connectivity index (χ1n) is 5.10. The number of nitrogens with zero attached hydrogens (tertiary/aromatic N) is 1. The largest absolute Gasteiger partial charge is 0.331 e. The zero-order valence-electron chi connectivity index (χ0n) is 9.32. The molecular formula is C12H11Cl4NO. The smallest absolute Gasteiger partial charge is 0.275 e. The second-order valence-corrected chi connectivity index (χ2v) is 6.06. The Balaban J connectivity index is 2.82.